The van der Waals surface area contributed by atoms with E-state index in [0.29, 0.717) is 6.54 Å². The van der Waals surface area contributed by atoms with Gasteiger partial charge in [-0.25, -0.2) is 4.39 Å². The first-order valence-corrected chi connectivity index (χ1v) is 9.68. The maximum Gasteiger partial charge on any atom is 0.191 e. The molecule has 1 fully saturated rings. The number of hydrogen-bond donors (Lipinski definition) is 2. The smallest absolute Gasteiger partial charge is 0.191 e. The highest BCUT2D eigenvalue weighted by Crippen LogP contribution is 2.21. The topological polar surface area (TPSA) is 48.9 Å². The summed E-state index contributed by atoms with van der Waals surface area (Å²) >= 11 is 1.72. The lowest BCUT2D eigenvalue weighted by Crippen LogP contribution is -2.46. The van der Waals surface area contributed by atoms with Gasteiger partial charge in [-0.3, -0.25) is 9.89 Å². The Bertz CT molecular complexity index is 684. The molecule has 0 saturated carbocycles. The number of guanidine groups is 1. The van der Waals surface area contributed by atoms with Gasteiger partial charge in [0.25, 0.3) is 0 Å². The molecule has 140 valence electrons. The average molecular weight is 377 g/mol. The zero-order chi connectivity index (χ0) is 18.2. The zero-order valence-corrected chi connectivity index (χ0v) is 15.8. The SMILES string of the molecule is CN=C(NCc1cccs1)NCC(c1ccc(F)cc1)N1CCOCC1. The van der Waals surface area contributed by atoms with Crippen LogP contribution in [0.2, 0.25) is 0 Å². The standard InChI is InChI=1S/C19H25FN4OS/c1-21-19(22-13-17-3-2-12-26-17)23-14-18(24-8-10-25-11-9-24)15-4-6-16(20)7-5-15/h2-7,12,18H,8-11,13-14H2,1H3,(H2,21,22,23). The van der Waals surface area contributed by atoms with Crippen LogP contribution in [0.5, 0.6) is 0 Å². The second kappa shape index (κ2) is 9.66. The first-order valence-electron chi connectivity index (χ1n) is 8.80. The van der Waals surface area contributed by atoms with Crippen molar-refractivity contribution in [3.63, 3.8) is 0 Å². The van der Waals surface area contributed by atoms with Crippen molar-refractivity contribution in [1.82, 2.24) is 15.5 Å². The minimum absolute atomic E-state index is 0.139. The maximum absolute atomic E-state index is 13.3. The van der Waals surface area contributed by atoms with Crippen LogP contribution in [0.3, 0.4) is 0 Å². The van der Waals surface area contributed by atoms with Crippen molar-refractivity contribution < 1.29 is 9.13 Å². The third-order valence-corrected chi connectivity index (χ3v) is 5.31. The number of halogens is 1. The largest absolute Gasteiger partial charge is 0.379 e. The molecule has 7 heteroatoms. The number of hydrogen-bond acceptors (Lipinski definition) is 4. The van der Waals surface area contributed by atoms with Gasteiger partial charge >= 0.3 is 0 Å². The number of morpholine rings is 1. The van der Waals surface area contributed by atoms with Crippen LogP contribution in [0.15, 0.2) is 46.8 Å². The van der Waals surface area contributed by atoms with Crippen LogP contribution in [-0.4, -0.2) is 50.8 Å². The summed E-state index contributed by atoms with van der Waals surface area (Å²) in [6.45, 7) is 4.62. The molecule has 2 N–H and O–H groups in total. The van der Waals surface area contributed by atoms with E-state index in [1.54, 1.807) is 18.4 Å². The Balaban J connectivity index is 1.63. The molecule has 1 saturated heterocycles. The van der Waals surface area contributed by atoms with Gasteiger partial charge < -0.3 is 15.4 Å². The van der Waals surface area contributed by atoms with Gasteiger partial charge in [-0.15, -0.1) is 11.3 Å². The molecule has 1 aromatic carbocycles. The van der Waals surface area contributed by atoms with Crippen molar-refractivity contribution in [2.75, 3.05) is 39.9 Å². The number of rotatable bonds is 6. The maximum atomic E-state index is 13.3. The molecule has 3 rings (SSSR count). The van der Waals surface area contributed by atoms with Crippen LogP contribution in [0.1, 0.15) is 16.5 Å². The Morgan fingerprint density at radius 2 is 2.00 bits per heavy atom. The van der Waals surface area contributed by atoms with Crippen molar-refractivity contribution in [3.05, 3.63) is 58.0 Å². The van der Waals surface area contributed by atoms with E-state index in [4.69, 9.17) is 4.74 Å². The fourth-order valence-corrected chi connectivity index (χ4v) is 3.67. The quantitative estimate of drug-likeness (QED) is 0.601. The third-order valence-electron chi connectivity index (χ3n) is 4.44. The summed E-state index contributed by atoms with van der Waals surface area (Å²) in [7, 11) is 1.77. The molecule has 2 heterocycles. The Morgan fingerprint density at radius 3 is 2.65 bits per heavy atom. The summed E-state index contributed by atoms with van der Waals surface area (Å²) in [5.41, 5.74) is 1.09. The number of nitrogens with one attached hydrogen (secondary N) is 2. The molecular formula is C19H25FN4OS. The van der Waals surface area contributed by atoms with E-state index in [0.717, 1.165) is 44.4 Å². The molecule has 0 radical (unpaired) electrons. The molecule has 5 nitrogen and oxygen atoms in total. The molecule has 1 aromatic heterocycles. The van der Waals surface area contributed by atoms with E-state index in [9.17, 15) is 4.39 Å². The van der Waals surface area contributed by atoms with Gasteiger partial charge in [-0.2, -0.15) is 0 Å². The van der Waals surface area contributed by atoms with Gasteiger partial charge in [-0.1, -0.05) is 18.2 Å². The van der Waals surface area contributed by atoms with E-state index >= 15 is 0 Å². The molecule has 0 spiro atoms. The Hall–Kier alpha value is -1.96. The van der Waals surface area contributed by atoms with E-state index in [2.05, 4.69) is 32.0 Å². The fourth-order valence-electron chi connectivity index (χ4n) is 3.03. The minimum Gasteiger partial charge on any atom is -0.379 e. The first kappa shape index (κ1) is 18.8. The second-order valence-electron chi connectivity index (χ2n) is 6.10. The summed E-state index contributed by atoms with van der Waals surface area (Å²) in [5.74, 6) is 0.551. The fraction of sp³-hybridized carbons (Fsp3) is 0.421. The number of aliphatic imine (C=N–C) groups is 1. The lowest BCUT2D eigenvalue weighted by atomic mass is 10.0. The highest BCUT2D eigenvalue weighted by atomic mass is 32.1. The van der Waals surface area contributed by atoms with E-state index in [-0.39, 0.29) is 11.9 Å². The average Bonchev–Trinajstić information content (AvgIpc) is 3.20. The lowest BCUT2D eigenvalue weighted by molar-refractivity contribution is 0.0170. The molecule has 1 aliphatic heterocycles. The van der Waals surface area contributed by atoms with Gasteiger partial charge in [0.05, 0.1) is 25.8 Å². The normalized spacial score (nSPS) is 17.1. The van der Waals surface area contributed by atoms with Crippen molar-refractivity contribution in [1.29, 1.82) is 0 Å². The minimum atomic E-state index is -0.212. The van der Waals surface area contributed by atoms with Crippen molar-refractivity contribution >= 4 is 17.3 Å². The van der Waals surface area contributed by atoms with Crippen LogP contribution in [0.4, 0.5) is 4.39 Å². The molecule has 1 atom stereocenters. The van der Waals surface area contributed by atoms with Gasteiger partial charge in [0.15, 0.2) is 5.96 Å². The second-order valence-corrected chi connectivity index (χ2v) is 7.13. The Kier molecular flexibility index (Phi) is 6.99. The van der Waals surface area contributed by atoms with E-state index in [1.807, 2.05) is 18.2 Å². The predicted octanol–water partition coefficient (Wildman–Crippen LogP) is 2.63. The van der Waals surface area contributed by atoms with Crippen LogP contribution in [0.25, 0.3) is 0 Å². The van der Waals surface area contributed by atoms with Crippen LogP contribution in [0, 0.1) is 5.82 Å². The van der Waals surface area contributed by atoms with Crippen molar-refractivity contribution in [2.24, 2.45) is 4.99 Å². The van der Waals surface area contributed by atoms with Gasteiger partial charge in [0.2, 0.25) is 0 Å². The number of nitrogens with zero attached hydrogens (tertiary/aromatic N) is 2. The summed E-state index contributed by atoms with van der Waals surface area (Å²) in [4.78, 5) is 7.94. The van der Waals surface area contributed by atoms with Gasteiger partial charge in [-0.05, 0) is 29.1 Å². The molecule has 26 heavy (non-hydrogen) atoms. The van der Waals surface area contributed by atoms with Crippen LogP contribution >= 0.6 is 11.3 Å². The summed E-state index contributed by atoms with van der Waals surface area (Å²) in [6, 6.07) is 11.0. The highest BCUT2D eigenvalue weighted by molar-refractivity contribution is 7.09. The predicted molar refractivity (Wildman–Crippen MR) is 104 cm³/mol. The van der Waals surface area contributed by atoms with Crippen LogP contribution in [-0.2, 0) is 11.3 Å². The zero-order valence-electron chi connectivity index (χ0n) is 15.0. The molecular weight excluding hydrogens is 351 g/mol. The van der Waals surface area contributed by atoms with Crippen molar-refractivity contribution in [3.8, 4) is 0 Å². The van der Waals surface area contributed by atoms with Gasteiger partial charge in [0, 0.05) is 31.6 Å². The third kappa shape index (κ3) is 5.27. The highest BCUT2D eigenvalue weighted by Gasteiger charge is 2.23. The summed E-state index contributed by atoms with van der Waals surface area (Å²) in [5, 5.41) is 8.81. The first-order chi connectivity index (χ1) is 12.8. The summed E-state index contributed by atoms with van der Waals surface area (Å²) < 4.78 is 18.8. The monoisotopic (exact) mass is 376 g/mol. The number of thiophene rings is 1. The van der Waals surface area contributed by atoms with E-state index in [1.165, 1.54) is 17.0 Å². The van der Waals surface area contributed by atoms with E-state index < -0.39 is 0 Å². The Labute approximate surface area is 157 Å². The van der Waals surface area contributed by atoms with Crippen molar-refractivity contribution in [2.45, 2.75) is 12.6 Å². The van der Waals surface area contributed by atoms with Crippen LogP contribution < -0.4 is 10.6 Å². The Morgan fingerprint density at radius 1 is 1.23 bits per heavy atom. The molecule has 1 aliphatic rings. The number of ether oxygens (including phenoxy) is 1. The van der Waals surface area contributed by atoms with Gasteiger partial charge in [0.1, 0.15) is 5.82 Å². The lowest BCUT2D eigenvalue weighted by Gasteiger charge is -2.35. The molecule has 0 aliphatic carbocycles. The number of benzene rings is 1. The summed E-state index contributed by atoms with van der Waals surface area (Å²) in [6.07, 6.45) is 0. The molecule has 2 aromatic rings. The molecule has 1 unspecified atom stereocenters. The molecule has 0 amide bonds. The molecule has 0 bridgehead atoms.